The van der Waals surface area contributed by atoms with Crippen LogP contribution in [0.2, 0.25) is 0 Å². The van der Waals surface area contributed by atoms with Crippen molar-refractivity contribution in [1.82, 2.24) is 14.5 Å². The molecular formula is C15H16N4O4S. The molecule has 0 spiro atoms. The van der Waals surface area contributed by atoms with Gasteiger partial charge in [0.15, 0.2) is 0 Å². The Balaban J connectivity index is 2.33. The summed E-state index contributed by atoms with van der Waals surface area (Å²) in [5.74, 6) is -0.903. The number of nitrogens with zero attached hydrogens (tertiary/aromatic N) is 4. The molecule has 2 heterocycles. The molecule has 126 valence electrons. The lowest BCUT2D eigenvalue weighted by Crippen LogP contribution is -2.34. The molecule has 8 nitrogen and oxygen atoms in total. The lowest BCUT2D eigenvalue weighted by Gasteiger charge is -2.16. The first-order chi connectivity index (χ1) is 11.5. The Morgan fingerprint density at radius 2 is 2.25 bits per heavy atom. The van der Waals surface area contributed by atoms with Gasteiger partial charge < -0.3 is 9.64 Å². The molecule has 0 aliphatic heterocycles. The van der Waals surface area contributed by atoms with Crippen LogP contribution >= 0.6 is 11.3 Å². The monoisotopic (exact) mass is 348 g/mol. The fraction of sp³-hybridized carbons (Fsp3) is 0.400. The Labute approximate surface area is 141 Å². The molecule has 2 rings (SSSR count). The van der Waals surface area contributed by atoms with Gasteiger partial charge in [0, 0.05) is 19.0 Å². The standard InChI is InChI=1S/C15H16N4O4S/c1-3-23-15(22)10-8-24-13-12(10)14(21)19(9-17-13)7-11(20)18(2)6-4-5-16/h8-9H,3-4,6-7H2,1-2H3. The number of aromatic nitrogens is 2. The lowest BCUT2D eigenvalue weighted by molar-refractivity contribution is -0.130. The number of thiophene rings is 1. The van der Waals surface area contributed by atoms with Gasteiger partial charge in [0.25, 0.3) is 5.56 Å². The summed E-state index contributed by atoms with van der Waals surface area (Å²) in [6, 6.07) is 1.96. The first-order valence-corrected chi connectivity index (χ1v) is 8.12. The molecule has 9 heteroatoms. The van der Waals surface area contributed by atoms with Crippen molar-refractivity contribution >= 4 is 33.4 Å². The molecule has 2 aromatic heterocycles. The average Bonchev–Trinajstić information content (AvgIpc) is 3.00. The van der Waals surface area contributed by atoms with Crippen molar-refractivity contribution in [2.75, 3.05) is 20.2 Å². The van der Waals surface area contributed by atoms with Crippen molar-refractivity contribution < 1.29 is 14.3 Å². The van der Waals surface area contributed by atoms with Gasteiger partial charge in [0.2, 0.25) is 5.91 Å². The number of ether oxygens (including phenoxy) is 1. The normalized spacial score (nSPS) is 10.4. The molecule has 0 unspecified atom stereocenters. The summed E-state index contributed by atoms with van der Waals surface area (Å²) >= 11 is 1.17. The zero-order chi connectivity index (χ0) is 17.7. The van der Waals surface area contributed by atoms with Gasteiger partial charge in [-0.05, 0) is 6.92 Å². The van der Waals surface area contributed by atoms with Crippen LogP contribution in [-0.4, -0.2) is 46.5 Å². The van der Waals surface area contributed by atoms with Crippen molar-refractivity contribution in [3.05, 3.63) is 27.6 Å². The smallest absolute Gasteiger partial charge is 0.339 e. The third kappa shape index (κ3) is 3.60. The fourth-order valence-electron chi connectivity index (χ4n) is 2.05. The van der Waals surface area contributed by atoms with Crippen LogP contribution in [0.1, 0.15) is 23.7 Å². The third-order valence-electron chi connectivity index (χ3n) is 3.35. The predicted octanol–water partition coefficient (Wildman–Crippen LogP) is 1.01. The summed E-state index contributed by atoms with van der Waals surface area (Å²) in [5.41, 5.74) is -0.305. The van der Waals surface area contributed by atoms with E-state index in [-0.39, 0.29) is 43.0 Å². The van der Waals surface area contributed by atoms with Gasteiger partial charge in [-0.25, -0.2) is 9.78 Å². The summed E-state index contributed by atoms with van der Waals surface area (Å²) in [4.78, 5) is 42.6. The van der Waals surface area contributed by atoms with E-state index in [1.807, 2.05) is 6.07 Å². The summed E-state index contributed by atoms with van der Waals surface area (Å²) in [5, 5.41) is 10.2. The van der Waals surface area contributed by atoms with Crippen LogP contribution in [0.15, 0.2) is 16.5 Å². The van der Waals surface area contributed by atoms with Gasteiger partial charge in [-0.2, -0.15) is 5.26 Å². The molecule has 2 aromatic rings. The molecule has 0 saturated heterocycles. The number of amides is 1. The molecule has 1 amide bonds. The second kappa shape index (κ2) is 7.70. The minimum absolute atomic E-state index is 0.161. The van der Waals surface area contributed by atoms with Crippen molar-refractivity contribution in [2.24, 2.45) is 0 Å². The third-order valence-corrected chi connectivity index (χ3v) is 4.23. The van der Waals surface area contributed by atoms with Crippen LogP contribution in [0.25, 0.3) is 10.2 Å². The summed E-state index contributed by atoms with van der Waals surface area (Å²) in [6.45, 7) is 1.96. The van der Waals surface area contributed by atoms with Gasteiger partial charge in [-0.3, -0.25) is 14.2 Å². The van der Waals surface area contributed by atoms with E-state index >= 15 is 0 Å². The number of hydrogen-bond acceptors (Lipinski definition) is 7. The first-order valence-electron chi connectivity index (χ1n) is 7.24. The Morgan fingerprint density at radius 1 is 1.50 bits per heavy atom. The highest BCUT2D eigenvalue weighted by molar-refractivity contribution is 7.17. The van der Waals surface area contributed by atoms with E-state index in [4.69, 9.17) is 10.00 Å². The van der Waals surface area contributed by atoms with Gasteiger partial charge >= 0.3 is 5.97 Å². The molecule has 0 aliphatic rings. The summed E-state index contributed by atoms with van der Waals surface area (Å²) in [6.07, 6.45) is 1.50. The summed E-state index contributed by atoms with van der Waals surface area (Å²) < 4.78 is 6.09. The predicted molar refractivity (Wildman–Crippen MR) is 87.7 cm³/mol. The Morgan fingerprint density at radius 3 is 2.92 bits per heavy atom. The number of nitriles is 1. The molecule has 0 bridgehead atoms. The van der Waals surface area contributed by atoms with Crippen LogP contribution in [0.4, 0.5) is 0 Å². The Bertz CT molecular complexity index is 864. The lowest BCUT2D eigenvalue weighted by atomic mass is 10.2. The maximum Gasteiger partial charge on any atom is 0.339 e. The molecule has 0 aliphatic carbocycles. The van der Waals surface area contributed by atoms with Crippen LogP contribution < -0.4 is 5.56 Å². The van der Waals surface area contributed by atoms with Crippen molar-refractivity contribution in [3.8, 4) is 6.07 Å². The highest BCUT2D eigenvalue weighted by Gasteiger charge is 2.19. The van der Waals surface area contributed by atoms with Gasteiger partial charge in [-0.1, -0.05) is 0 Å². The number of rotatable bonds is 6. The van der Waals surface area contributed by atoms with E-state index < -0.39 is 11.5 Å². The maximum absolute atomic E-state index is 12.6. The highest BCUT2D eigenvalue weighted by Crippen LogP contribution is 2.21. The summed E-state index contributed by atoms with van der Waals surface area (Å²) in [7, 11) is 1.56. The number of carbonyl (C=O) groups is 2. The molecule has 0 atom stereocenters. The largest absolute Gasteiger partial charge is 0.462 e. The quantitative estimate of drug-likeness (QED) is 0.721. The van der Waals surface area contributed by atoms with E-state index in [2.05, 4.69) is 4.98 Å². The molecule has 0 N–H and O–H groups in total. The van der Waals surface area contributed by atoms with Crippen molar-refractivity contribution in [2.45, 2.75) is 19.9 Å². The first kappa shape index (κ1) is 17.6. The number of hydrogen-bond donors (Lipinski definition) is 0. The van der Waals surface area contributed by atoms with Crippen LogP contribution in [0, 0.1) is 11.3 Å². The number of fused-ring (bicyclic) bond motifs is 1. The second-order valence-corrected chi connectivity index (χ2v) is 5.81. The topological polar surface area (TPSA) is 105 Å². The minimum atomic E-state index is -0.585. The number of carbonyl (C=O) groups excluding carboxylic acids is 2. The minimum Gasteiger partial charge on any atom is -0.462 e. The second-order valence-electron chi connectivity index (χ2n) is 4.95. The van der Waals surface area contributed by atoms with E-state index in [1.165, 1.54) is 27.9 Å². The zero-order valence-electron chi connectivity index (χ0n) is 13.3. The SMILES string of the molecule is CCOC(=O)c1csc2ncn(CC(=O)N(C)CCC#N)c(=O)c12. The Kier molecular flexibility index (Phi) is 5.65. The van der Waals surface area contributed by atoms with Gasteiger partial charge in [0.05, 0.1) is 36.4 Å². The van der Waals surface area contributed by atoms with Crippen LogP contribution in [-0.2, 0) is 16.1 Å². The molecule has 0 saturated carbocycles. The fourth-order valence-corrected chi connectivity index (χ4v) is 2.91. The van der Waals surface area contributed by atoms with E-state index in [9.17, 15) is 14.4 Å². The highest BCUT2D eigenvalue weighted by atomic mass is 32.1. The molecular weight excluding hydrogens is 332 g/mol. The number of likely N-dealkylation sites (N-methyl/N-ethyl adjacent to an activating group) is 1. The molecule has 24 heavy (non-hydrogen) atoms. The van der Waals surface area contributed by atoms with Crippen LogP contribution in [0.5, 0.6) is 0 Å². The van der Waals surface area contributed by atoms with Gasteiger partial charge in [0.1, 0.15) is 11.4 Å². The molecule has 0 fully saturated rings. The molecule has 0 aromatic carbocycles. The van der Waals surface area contributed by atoms with Crippen LogP contribution in [0.3, 0.4) is 0 Å². The maximum atomic E-state index is 12.6. The van der Waals surface area contributed by atoms with Gasteiger partial charge in [-0.15, -0.1) is 11.3 Å². The van der Waals surface area contributed by atoms with Crippen molar-refractivity contribution in [1.29, 1.82) is 5.26 Å². The van der Waals surface area contributed by atoms with E-state index in [0.29, 0.717) is 4.83 Å². The zero-order valence-corrected chi connectivity index (χ0v) is 14.1. The van der Waals surface area contributed by atoms with Crippen molar-refractivity contribution in [3.63, 3.8) is 0 Å². The van der Waals surface area contributed by atoms with E-state index in [0.717, 1.165) is 4.57 Å². The van der Waals surface area contributed by atoms with E-state index in [1.54, 1.807) is 14.0 Å². The Hall–Kier alpha value is -2.73. The molecule has 0 radical (unpaired) electrons. The average molecular weight is 348 g/mol. The number of esters is 1.